The summed E-state index contributed by atoms with van der Waals surface area (Å²) >= 11 is 0. The number of benzene rings is 2. The zero-order valence-electron chi connectivity index (χ0n) is 18.1. The molecule has 0 fully saturated rings. The maximum atomic E-state index is 13.8. The van der Waals surface area contributed by atoms with Gasteiger partial charge >= 0.3 is 0 Å². The summed E-state index contributed by atoms with van der Waals surface area (Å²) in [6.07, 6.45) is 5.73. The number of hydrogen-bond acceptors (Lipinski definition) is 5. The number of nitrogens with two attached hydrogens (primary N) is 1. The van der Waals surface area contributed by atoms with E-state index in [1.54, 1.807) is 24.4 Å². The molecule has 1 amide bonds. The van der Waals surface area contributed by atoms with Gasteiger partial charge in [0, 0.05) is 55.2 Å². The Morgan fingerprint density at radius 3 is 2.91 bits per heavy atom. The van der Waals surface area contributed by atoms with Crippen LogP contribution in [0.3, 0.4) is 0 Å². The molecular formula is C25H29FN4O2. The number of aliphatic imine (C=N–C) groups is 1. The van der Waals surface area contributed by atoms with Gasteiger partial charge in [0.1, 0.15) is 11.6 Å². The number of amides is 1. The largest absolute Gasteiger partial charge is 0.494 e. The van der Waals surface area contributed by atoms with Gasteiger partial charge in [-0.25, -0.2) is 4.39 Å². The number of halogens is 1. The van der Waals surface area contributed by atoms with Crippen LogP contribution >= 0.6 is 0 Å². The third-order valence-electron chi connectivity index (χ3n) is 5.83. The summed E-state index contributed by atoms with van der Waals surface area (Å²) in [5.41, 5.74) is 10.3. The lowest BCUT2D eigenvalue weighted by atomic mass is 10.0. The maximum absolute atomic E-state index is 13.8. The van der Waals surface area contributed by atoms with Gasteiger partial charge in [-0.2, -0.15) is 0 Å². The Morgan fingerprint density at radius 2 is 2.03 bits per heavy atom. The van der Waals surface area contributed by atoms with Gasteiger partial charge < -0.3 is 15.8 Å². The molecule has 2 aliphatic heterocycles. The summed E-state index contributed by atoms with van der Waals surface area (Å²) < 4.78 is 19.7. The van der Waals surface area contributed by atoms with E-state index in [0.29, 0.717) is 18.7 Å². The normalized spacial score (nSPS) is 16.8. The molecule has 0 unspecified atom stereocenters. The Hall–Kier alpha value is -3.19. The van der Waals surface area contributed by atoms with Crippen LogP contribution in [-0.2, 0) is 11.2 Å². The Labute approximate surface area is 188 Å². The van der Waals surface area contributed by atoms with Gasteiger partial charge in [-0.1, -0.05) is 18.2 Å². The number of unbranched alkanes of at least 4 members (excludes halogenated alkanes) is 1. The van der Waals surface area contributed by atoms with Crippen LogP contribution in [0.1, 0.15) is 31.2 Å². The first kappa shape index (κ1) is 22.0. The van der Waals surface area contributed by atoms with E-state index in [-0.39, 0.29) is 11.7 Å². The van der Waals surface area contributed by atoms with Gasteiger partial charge in [-0.05, 0) is 49.6 Å². The van der Waals surface area contributed by atoms with Crippen LogP contribution in [0.5, 0.6) is 5.75 Å². The number of aryl methyl sites for hydroxylation is 1. The van der Waals surface area contributed by atoms with Gasteiger partial charge in [0.2, 0.25) is 5.91 Å². The summed E-state index contributed by atoms with van der Waals surface area (Å²) in [5.74, 6) is 0.507. The van der Waals surface area contributed by atoms with Gasteiger partial charge in [0.05, 0.1) is 12.3 Å². The van der Waals surface area contributed by atoms with Crippen LogP contribution in [0.4, 0.5) is 15.8 Å². The van der Waals surface area contributed by atoms with Crippen molar-refractivity contribution in [2.24, 2.45) is 10.7 Å². The summed E-state index contributed by atoms with van der Waals surface area (Å²) in [6, 6.07) is 12.4. The smallest absolute Gasteiger partial charge is 0.224 e. The maximum Gasteiger partial charge on any atom is 0.224 e. The SMILES string of the molecule is NC1=C(C=Nc2ccccc2F)CN(CCCCOc2ccc3c(c2)NC(=O)CC3)CC1. The molecule has 0 bridgehead atoms. The van der Waals surface area contributed by atoms with Crippen molar-refractivity contribution in [2.75, 3.05) is 31.6 Å². The second-order valence-corrected chi connectivity index (χ2v) is 8.21. The Kier molecular flexibility index (Phi) is 7.17. The van der Waals surface area contributed by atoms with Gasteiger partial charge in [-0.3, -0.25) is 14.7 Å². The molecule has 0 atom stereocenters. The van der Waals surface area contributed by atoms with E-state index in [9.17, 15) is 9.18 Å². The Morgan fingerprint density at radius 1 is 1.16 bits per heavy atom. The van der Waals surface area contributed by atoms with Crippen LogP contribution < -0.4 is 15.8 Å². The number of anilines is 1. The summed E-state index contributed by atoms with van der Waals surface area (Å²) in [7, 11) is 0. The molecule has 0 aliphatic carbocycles. The molecule has 0 saturated carbocycles. The van der Waals surface area contributed by atoms with Crippen molar-refractivity contribution < 1.29 is 13.9 Å². The predicted octanol–water partition coefficient (Wildman–Crippen LogP) is 4.19. The minimum absolute atomic E-state index is 0.0594. The van der Waals surface area contributed by atoms with E-state index in [1.165, 1.54) is 6.07 Å². The highest BCUT2D eigenvalue weighted by Crippen LogP contribution is 2.27. The molecule has 2 aromatic carbocycles. The van der Waals surface area contributed by atoms with Gasteiger partial charge in [0.25, 0.3) is 0 Å². The van der Waals surface area contributed by atoms with Gasteiger partial charge in [0.15, 0.2) is 0 Å². The molecule has 0 aromatic heterocycles. The third kappa shape index (κ3) is 5.73. The van der Waals surface area contributed by atoms with E-state index in [4.69, 9.17) is 10.5 Å². The van der Waals surface area contributed by atoms with Crippen LogP contribution in [0.15, 0.2) is 58.7 Å². The number of ether oxygens (including phenoxy) is 1. The molecule has 7 heteroatoms. The lowest BCUT2D eigenvalue weighted by molar-refractivity contribution is -0.116. The lowest BCUT2D eigenvalue weighted by Crippen LogP contribution is -2.34. The lowest BCUT2D eigenvalue weighted by Gasteiger charge is -2.28. The van der Waals surface area contributed by atoms with Crippen molar-refractivity contribution in [3.63, 3.8) is 0 Å². The van der Waals surface area contributed by atoms with Crippen LogP contribution in [0, 0.1) is 5.82 Å². The minimum Gasteiger partial charge on any atom is -0.494 e. The highest BCUT2D eigenvalue weighted by molar-refractivity contribution is 5.94. The van der Waals surface area contributed by atoms with Gasteiger partial charge in [-0.15, -0.1) is 0 Å². The molecule has 2 aromatic rings. The highest BCUT2D eigenvalue weighted by Gasteiger charge is 2.17. The van der Waals surface area contributed by atoms with Crippen molar-refractivity contribution >= 4 is 23.5 Å². The number of hydrogen-bond donors (Lipinski definition) is 2. The van der Waals surface area contributed by atoms with Crippen molar-refractivity contribution in [1.82, 2.24) is 4.90 Å². The first-order valence-electron chi connectivity index (χ1n) is 11.1. The topological polar surface area (TPSA) is 79.9 Å². The predicted molar refractivity (Wildman–Crippen MR) is 125 cm³/mol. The van der Waals surface area contributed by atoms with E-state index in [2.05, 4.69) is 15.2 Å². The Balaban J connectivity index is 1.21. The van der Waals surface area contributed by atoms with Crippen molar-refractivity contribution in [3.8, 4) is 5.75 Å². The molecule has 2 aliphatic rings. The number of fused-ring (bicyclic) bond motifs is 1. The molecule has 0 saturated heterocycles. The number of rotatable bonds is 8. The first-order chi connectivity index (χ1) is 15.6. The second kappa shape index (κ2) is 10.4. The zero-order valence-corrected chi connectivity index (χ0v) is 18.1. The first-order valence-corrected chi connectivity index (χ1v) is 11.1. The number of nitrogens with zero attached hydrogens (tertiary/aromatic N) is 2. The number of carbonyl (C=O) groups is 1. The fourth-order valence-corrected chi connectivity index (χ4v) is 3.95. The zero-order chi connectivity index (χ0) is 22.3. The van der Waals surface area contributed by atoms with Crippen LogP contribution in [0.25, 0.3) is 0 Å². The molecular weight excluding hydrogens is 407 g/mol. The molecule has 0 radical (unpaired) electrons. The van der Waals surface area contributed by atoms with E-state index in [1.807, 2.05) is 18.2 Å². The molecule has 0 spiro atoms. The summed E-state index contributed by atoms with van der Waals surface area (Å²) in [6.45, 7) is 3.19. The highest BCUT2D eigenvalue weighted by atomic mass is 19.1. The number of para-hydroxylation sites is 1. The molecule has 3 N–H and O–H groups in total. The third-order valence-corrected chi connectivity index (χ3v) is 5.83. The molecule has 4 rings (SSSR count). The quantitative estimate of drug-likeness (QED) is 0.480. The Bertz CT molecular complexity index is 1030. The fourth-order valence-electron chi connectivity index (χ4n) is 3.95. The van der Waals surface area contributed by atoms with Crippen LogP contribution in [-0.4, -0.2) is 43.3 Å². The second-order valence-electron chi connectivity index (χ2n) is 8.21. The van der Waals surface area contributed by atoms with Crippen molar-refractivity contribution in [2.45, 2.75) is 32.1 Å². The van der Waals surface area contributed by atoms with Crippen LogP contribution in [0.2, 0.25) is 0 Å². The molecule has 168 valence electrons. The molecule has 6 nitrogen and oxygen atoms in total. The average molecular weight is 437 g/mol. The van der Waals surface area contributed by atoms with Crippen molar-refractivity contribution in [3.05, 3.63) is 65.1 Å². The average Bonchev–Trinajstić information content (AvgIpc) is 2.79. The van der Waals surface area contributed by atoms with Crippen molar-refractivity contribution in [1.29, 1.82) is 0 Å². The van der Waals surface area contributed by atoms with E-state index in [0.717, 1.165) is 73.6 Å². The standard InChI is InChI=1S/C25H29FN4O2/c26-21-5-1-2-6-23(21)28-16-19-17-30(13-11-22(19)27)12-3-4-14-32-20-9-7-18-8-10-25(31)29-24(18)15-20/h1-2,5-7,9,15-16H,3-4,8,10-14,17,27H2,(H,29,31). The number of nitrogens with one attached hydrogen (secondary N) is 1. The summed E-state index contributed by atoms with van der Waals surface area (Å²) in [4.78, 5) is 18.2. The van der Waals surface area contributed by atoms with E-state index < -0.39 is 0 Å². The molecule has 2 heterocycles. The monoisotopic (exact) mass is 436 g/mol. The number of carbonyl (C=O) groups excluding carboxylic acids is 1. The van der Waals surface area contributed by atoms with E-state index >= 15 is 0 Å². The summed E-state index contributed by atoms with van der Waals surface area (Å²) in [5, 5.41) is 2.90. The fraction of sp³-hybridized carbons (Fsp3) is 0.360. The molecule has 32 heavy (non-hydrogen) atoms. The minimum atomic E-state index is -0.336.